The lowest BCUT2D eigenvalue weighted by atomic mass is 10.1. The molecule has 2 aromatic carbocycles. The quantitative estimate of drug-likeness (QED) is 0.566. The molecule has 0 bridgehead atoms. The molecule has 1 aliphatic heterocycles. The van der Waals surface area contributed by atoms with Gasteiger partial charge in [0, 0.05) is 6.54 Å². The monoisotopic (exact) mass is 398 g/mol. The van der Waals surface area contributed by atoms with Crippen LogP contribution in [-0.2, 0) is 20.7 Å². The van der Waals surface area contributed by atoms with Crippen molar-refractivity contribution in [3.63, 3.8) is 0 Å². The zero-order chi connectivity index (χ0) is 21.0. The number of carbonyl (C=O) groups excluding carboxylic acids is 4. The Hall–Kier alpha value is -3.55. The number of esters is 1. The van der Waals surface area contributed by atoms with Crippen LogP contribution in [-0.4, -0.2) is 47.8 Å². The number of hydrogen-bond acceptors (Lipinski definition) is 5. The summed E-state index contributed by atoms with van der Waals surface area (Å²) in [5.41, 5.74) is 1.31. The molecule has 8 heteroatoms. The molecule has 0 aliphatic carbocycles. The zero-order valence-corrected chi connectivity index (χ0v) is 15.7. The van der Waals surface area contributed by atoms with Gasteiger partial charge in [-0.05, 0) is 43.2 Å². The van der Waals surface area contributed by atoms with Crippen molar-refractivity contribution in [3.05, 3.63) is 71.0 Å². The Balaban J connectivity index is 1.46. The van der Waals surface area contributed by atoms with Gasteiger partial charge in [0.05, 0.1) is 11.1 Å². The summed E-state index contributed by atoms with van der Waals surface area (Å²) < 4.78 is 17.8. The third-order valence-corrected chi connectivity index (χ3v) is 4.55. The van der Waals surface area contributed by atoms with Crippen LogP contribution in [0.1, 0.15) is 33.2 Å². The number of nitrogens with one attached hydrogen (secondary N) is 1. The van der Waals surface area contributed by atoms with E-state index in [2.05, 4.69) is 5.32 Å². The van der Waals surface area contributed by atoms with Crippen molar-refractivity contribution in [1.82, 2.24) is 10.2 Å². The molecule has 0 aromatic heterocycles. The SMILES string of the molecule is C[C@H](C(=O)OCC(=O)NCCc1ccc(F)cc1)N1C(=O)c2ccccc2C1=O. The summed E-state index contributed by atoms with van der Waals surface area (Å²) in [5, 5.41) is 2.58. The Bertz CT molecular complexity index is 923. The van der Waals surface area contributed by atoms with Crippen LogP contribution in [0.2, 0.25) is 0 Å². The first kappa shape index (κ1) is 20.2. The molecule has 0 saturated carbocycles. The van der Waals surface area contributed by atoms with E-state index in [1.807, 2.05) is 0 Å². The average molecular weight is 398 g/mol. The molecule has 2 aromatic rings. The topological polar surface area (TPSA) is 92.8 Å². The molecule has 29 heavy (non-hydrogen) atoms. The Labute approximate surface area is 166 Å². The number of imide groups is 1. The standard InChI is InChI=1S/C21H19FN2O5/c1-13(24-19(26)16-4-2-3-5-17(16)20(24)27)21(28)29-12-18(25)23-11-10-14-6-8-15(22)9-7-14/h2-9,13H,10-12H2,1H3,(H,23,25)/t13-/m1/s1. The molecule has 0 unspecified atom stereocenters. The summed E-state index contributed by atoms with van der Waals surface area (Å²) in [7, 11) is 0. The molecule has 3 rings (SSSR count). The van der Waals surface area contributed by atoms with E-state index in [4.69, 9.17) is 4.74 Å². The van der Waals surface area contributed by atoms with Crippen LogP contribution in [0.15, 0.2) is 48.5 Å². The molecule has 1 aliphatic rings. The summed E-state index contributed by atoms with van der Waals surface area (Å²) >= 11 is 0. The second-order valence-electron chi connectivity index (χ2n) is 6.54. The first-order valence-electron chi connectivity index (χ1n) is 9.03. The fourth-order valence-corrected chi connectivity index (χ4v) is 2.97. The van der Waals surface area contributed by atoms with Crippen LogP contribution in [0.25, 0.3) is 0 Å². The van der Waals surface area contributed by atoms with Crippen molar-refractivity contribution in [3.8, 4) is 0 Å². The normalized spacial score (nSPS) is 13.8. The number of halogens is 1. The van der Waals surface area contributed by atoms with Crippen LogP contribution < -0.4 is 5.32 Å². The summed E-state index contributed by atoms with van der Waals surface area (Å²) in [6, 6.07) is 11.0. The Morgan fingerprint density at radius 2 is 1.62 bits per heavy atom. The molecule has 0 saturated heterocycles. The number of nitrogens with zero attached hydrogens (tertiary/aromatic N) is 1. The van der Waals surface area contributed by atoms with Gasteiger partial charge >= 0.3 is 5.97 Å². The van der Waals surface area contributed by atoms with Crippen molar-refractivity contribution in [2.45, 2.75) is 19.4 Å². The van der Waals surface area contributed by atoms with Crippen LogP contribution in [0.3, 0.4) is 0 Å². The minimum Gasteiger partial charge on any atom is -0.454 e. The lowest BCUT2D eigenvalue weighted by Crippen LogP contribution is -2.44. The third kappa shape index (κ3) is 4.48. The average Bonchev–Trinajstić information content (AvgIpc) is 2.98. The first-order valence-corrected chi connectivity index (χ1v) is 9.03. The third-order valence-electron chi connectivity index (χ3n) is 4.55. The fraction of sp³-hybridized carbons (Fsp3) is 0.238. The van der Waals surface area contributed by atoms with E-state index in [0.29, 0.717) is 6.42 Å². The summed E-state index contributed by atoms with van der Waals surface area (Å²) in [5.74, 6) is -2.85. The Morgan fingerprint density at radius 3 is 2.21 bits per heavy atom. The molecule has 0 fully saturated rings. The maximum Gasteiger partial charge on any atom is 0.329 e. The number of ether oxygens (including phenoxy) is 1. The van der Waals surface area contributed by atoms with Gasteiger partial charge < -0.3 is 10.1 Å². The van der Waals surface area contributed by atoms with E-state index in [9.17, 15) is 23.6 Å². The Kier molecular flexibility index (Phi) is 6.01. The number of carbonyl (C=O) groups is 4. The smallest absolute Gasteiger partial charge is 0.329 e. The number of fused-ring (bicyclic) bond motifs is 1. The van der Waals surface area contributed by atoms with Gasteiger partial charge in [-0.2, -0.15) is 0 Å². The van der Waals surface area contributed by atoms with Gasteiger partial charge in [-0.1, -0.05) is 24.3 Å². The van der Waals surface area contributed by atoms with Crippen molar-refractivity contribution in [1.29, 1.82) is 0 Å². The van der Waals surface area contributed by atoms with E-state index in [0.717, 1.165) is 10.5 Å². The number of amides is 3. The maximum absolute atomic E-state index is 12.9. The maximum atomic E-state index is 12.9. The molecule has 3 amide bonds. The first-order chi connectivity index (χ1) is 13.9. The molecule has 1 atom stereocenters. The van der Waals surface area contributed by atoms with Crippen LogP contribution in [0.5, 0.6) is 0 Å². The molecular formula is C21H19FN2O5. The summed E-state index contributed by atoms with van der Waals surface area (Å²) in [6.07, 6.45) is 0.491. The van der Waals surface area contributed by atoms with E-state index >= 15 is 0 Å². The second-order valence-corrected chi connectivity index (χ2v) is 6.54. The van der Waals surface area contributed by atoms with Gasteiger partial charge in [-0.15, -0.1) is 0 Å². The predicted molar refractivity (Wildman–Crippen MR) is 100 cm³/mol. The van der Waals surface area contributed by atoms with Crippen LogP contribution >= 0.6 is 0 Å². The minimum absolute atomic E-state index is 0.232. The molecule has 0 radical (unpaired) electrons. The Morgan fingerprint density at radius 1 is 1.03 bits per heavy atom. The lowest BCUT2D eigenvalue weighted by molar-refractivity contribution is -0.151. The van der Waals surface area contributed by atoms with Crippen molar-refractivity contribution in [2.24, 2.45) is 0 Å². The summed E-state index contributed by atoms with van der Waals surface area (Å²) in [6.45, 7) is 1.13. The number of hydrogen-bond donors (Lipinski definition) is 1. The molecule has 1 heterocycles. The van der Waals surface area contributed by atoms with Gasteiger partial charge in [-0.3, -0.25) is 19.3 Å². The van der Waals surface area contributed by atoms with Gasteiger partial charge in [0.2, 0.25) is 0 Å². The second kappa shape index (κ2) is 8.64. The van der Waals surface area contributed by atoms with Crippen molar-refractivity contribution < 1.29 is 28.3 Å². The molecule has 0 spiro atoms. The highest BCUT2D eigenvalue weighted by Gasteiger charge is 2.41. The zero-order valence-electron chi connectivity index (χ0n) is 15.7. The van der Waals surface area contributed by atoms with Gasteiger partial charge in [0.1, 0.15) is 11.9 Å². The van der Waals surface area contributed by atoms with Crippen molar-refractivity contribution in [2.75, 3.05) is 13.2 Å². The van der Waals surface area contributed by atoms with Crippen molar-refractivity contribution >= 4 is 23.7 Å². The molecule has 7 nitrogen and oxygen atoms in total. The van der Waals surface area contributed by atoms with E-state index < -0.39 is 36.3 Å². The van der Waals surface area contributed by atoms with Gasteiger partial charge in [-0.25, -0.2) is 9.18 Å². The van der Waals surface area contributed by atoms with E-state index in [-0.39, 0.29) is 23.5 Å². The highest BCUT2D eigenvalue weighted by atomic mass is 19.1. The van der Waals surface area contributed by atoms with Gasteiger partial charge in [0.25, 0.3) is 17.7 Å². The fourth-order valence-electron chi connectivity index (χ4n) is 2.97. The number of rotatable bonds is 7. The van der Waals surface area contributed by atoms with Crippen LogP contribution in [0.4, 0.5) is 4.39 Å². The molecular weight excluding hydrogens is 379 g/mol. The largest absolute Gasteiger partial charge is 0.454 e. The molecule has 1 N–H and O–H groups in total. The summed E-state index contributed by atoms with van der Waals surface area (Å²) in [4.78, 5) is 49.7. The molecule has 150 valence electrons. The van der Waals surface area contributed by atoms with Crippen LogP contribution in [0, 0.1) is 5.82 Å². The minimum atomic E-state index is -1.16. The van der Waals surface area contributed by atoms with E-state index in [1.54, 1.807) is 24.3 Å². The highest BCUT2D eigenvalue weighted by molar-refractivity contribution is 6.22. The predicted octanol–water partition coefficient (Wildman–Crippen LogP) is 1.71. The van der Waals surface area contributed by atoms with Gasteiger partial charge in [0.15, 0.2) is 6.61 Å². The highest BCUT2D eigenvalue weighted by Crippen LogP contribution is 2.24. The lowest BCUT2D eigenvalue weighted by Gasteiger charge is -2.20. The van der Waals surface area contributed by atoms with E-state index in [1.165, 1.54) is 31.2 Å². The number of benzene rings is 2.